The van der Waals surface area contributed by atoms with Crippen molar-refractivity contribution in [3.63, 3.8) is 0 Å². The van der Waals surface area contributed by atoms with Gasteiger partial charge in [-0.05, 0) is 26.1 Å². The minimum atomic E-state index is -3.19. The van der Waals surface area contributed by atoms with E-state index in [1.807, 2.05) is 6.92 Å². The van der Waals surface area contributed by atoms with Crippen LogP contribution in [0.5, 0.6) is 5.75 Å². The molecule has 0 fully saturated rings. The van der Waals surface area contributed by atoms with Crippen LogP contribution < -0.4 is 20.5 Å². The molecule has 6 nitrogen and oxygen atoms in total. The van der Waals surface area contributed by atoms with Gasteiger partial charge in [-0.1, -0.05) is 0 Å². The predicted molar refractivity (Wildman–Crippen MR) is 73.4 cm³/mol. The number of anilines is 2. The molecule has 102 valence electrons. The van der Waals surface area contributed by atoms with Gasteiger partial charge in [0.1, 0.15) is 5.75 Å². The van der Waals surface area contributed by atoms with Crippen molar-refractivity contribution in [1.82, 2.24) is 4.72 Å². The molecule has 0 heterocycles. The van der Waals surface area contributed by atoms with Gasteiger partial charge in [0.15, 0.2) is 0 Å². The first-order valence-electron chi connectivity index (χ1n) is 5.66. The first-order valence-corrected chi connectivity index (χ1v) is 7.31. The lowest BCUT2D eigenvalue weighted by atomic mass is 10.2. The third kappa shape index (κ3) is 4.42. The summed E-state index contributed by atoms with van der Waals surface area (Å²) < 4.78 is 30.0. The van der Waals surface area contributed by atoms with Gasteiger partial charge in [0.25, 0.3) is 0 Å². The molecule has 0 unspecified atom stereocenters. The summed E-state index contributed by atoms with van der Waals surface area (Å²) in [6.45, 7) is 2.72. The number of hydrogen-bond donors (Lipinski definition) is 3. The Morgan fingerprint density at radius 2 is 2.11 bits per heavy atom. The second kappa shape index (κ2) is 6.46. The van der Waals surface area contributed by atoms with Crippen molar-refractivity contribution in [2.75, 3.05) is 37.0 Å². The molecule has 0 bridgehead atoms. The Labute approximate surface area is 108 Å². The van der Waals surface area contributed by atoms with E-state index in [0.717, 1.165) is 5.69 Å². The fourth-order valence-electron chi connectivity index (χ4n) is 1.36. The van der Waals surface area contributed by atoms with E-state index in [1.54, 1.807) is 18.2 Å². The van der Waals surface area contributed by atoms with E-state index >= 15 is 0 Å². The van der Waals surface area contributed by atoms with E-state index < -0.39 is 10.0 Å². The van der Waals surface area contributed by atoms with Gasteiger partial charge in [-0.3, -0.25) is 0 Å². The Hall–Kier alpha value is -1.47. The van der Waals surface area contributed by atoms with Crippen molar-refractivity contribution in [3.05, 3.63) is 18.2 Å². The average molecular weight is 273 g/mol. The zero-order valence-corrected chi connectivity index (χ0v) is 11.4. The molecule has 0 radical (unpaired) electrons. The van der Waals surface area contributed by atoms with Crippen molar-refractivity contribution in [1.29, 1.82) is 0 Å². The van der Waals surface area contributed by atoms with Crippen LogP contribution in [0.2, 0.25) is 0 Å². The molecule has 0 aliphatic carbocycles. The fourth-order valence-corrected chi connectivity index (χ4v) is 1.93. The van der Waals surface area contributed by atoms with Gasteiger partial charge in [-0.2, -0.15) is 0 Å². The molecule has 0 aromatic heterocycles. The highest BCUT2D eigenvalue weighted by molar-refractivity contribution is 7.89. The molecule has 7 heteroatoms. The zero-order chi connectivity index (χ0) is 13.6. The van der Waals surface area contributed by atoms with Crippen molar-refractivity contribution in [2.24, 2.45) is 0 Å². The molecule has 1 aromatic carbocycles. The van der Waals surface area contributed by atoms with Crippen molar-refractivity contribution in [2.45, 2.75) is 6.92 Å². The monoisotopic (exact) mass is 273 g/mol. The third-order valence-corrected chi connectivity index (χ3v) is 3.69. The summed E-state index contributed by atoms with van der Waals surface area (Å²) in [5, 5.41) is 3.01. The van der Waals surface area contributed by atoms with E-state index in [1.165, 1.54) is 7.05 Å². The molecule has 18 heavy (non-hydrogen) atoms. The number of benzene rings is 1. The molecule has 0 spiro atoms. The van der Waals surface area contributed by atoms with Crippen LogP contribution in [0.15, 0.2) is 18.2 Å². The van der Waals surface area contributed by atoms with Gasteiger partial charge in [0, 0.05) is 18.3 Å². The lowest BCUT2D eigenvalue weighted by molar-refractivity contribution is 0.342. The first-order chi connectivity index (χ1) is 8.48. The summed E-state index contributed by atoms with van der Waals surface area (Å²) in [7, 11) is -1.79. The minimum Gasteiger partial charge on any atom is -0.492 e. The van der Waals surface area contributed by atoms with Crippen LogP contribution in [0.3, 0.4) is 0 Å². The molecular weight excluding hydrogens is 254 g/mol. The quantitative estimate of drug-likeness (QED) is 0.634. The van der Waals surface area contributed by atoms with Crippen LogP contribution in [-0.4, -0.2) is 34.4 Å². The van der Waals surface area contributed by atoms with Crippen LogP contribution in [0.1, 0.15) is 6.92 Å². The van der Waals surface area contributed by atoms with Gasteiger partial charge in [-0.15, -0.1) is 0 Å². The molecule has 0 aliphatic rings. The lowest BCUT2D eigenvalue weighted by Gasteiger charge is -2.11. The summed E-state index contributed by atoms with van der Waals surface area (Å²) >= 11 is 0. The second-order valence-corrected chi connectivity index (χ2v) is 5.68. The summed E-state index contributed by atoms with van der Waals surface area (Å²) in [4.78, 5) is 0. The standard InChI is InChI=1S/C11H19N3O3S/c1-3-17-11-8-9(4-5-10(11)12)14-6-7-18(15,16)13-2/h4-5,8,13-14H,3,6-7,12H2,1-2H3. The minimum absolute atomic E-state index is 0.0118. The van der Waals surface area contributed by atoms with Crippen LogP contribution in [0, 0.1) is 0 Å². The summed E-state index contributed by atoms with van der Waals surface area (Å²) in [5.74, 6) is 0.608. The molecule has 1 aromatic rings. The third-order valence-electron chi connectivity index (χ3n) is 2.32. The van der Waals surface area contributed by atoms with E-state index in [-0.39, 0.29) is 5.75 Å². The number of hydrogen-bond acceptors (Lipinski definition) is 5. The van der Waals surface area contributed by atoms with E-state index in [9.17, 15) is 8.42 Å². The van der Waals surface area contributed by atoms with Gasteiger partial charge >= 0.3 is 0 Å². The van der Waals surface area contributed by atoms with E-state index in [4.69, 9.17) is 10.5 Å². The van der Waals surface area contributed by atoms with E-state index in [2.05, 4.69) is 10.0 Å². The Kier molecular flexibility index (Phi) is 5.24. The Morgan fingerprint density at radius 3 is 2.72 bits per heavy atom. The topological polar surface area (TPSA) is 93.4 Å². The van der Waals surface area contributed by atoms with Crippen LogP contribution in [0.25, 0.3) is 0 Å². The SMILES string of the molecule is CCOc1cc(NCCS(=O)(=O)NC)ccc1N. The maximum absolute atomic E-state index is 11.2. The normalized spacial score (nSPS) is 11.2. The molecule has 0 saturated carbocycles. The number of nitrogens with two attached hydrogens (primary N) is 1. The predicted octanol–water partition coefficient (Wildman–Crippen LogP) is 0.629. The molecule has 4 N–H and O–H groups in total. The maximum Gasteiger partial charge on any atom is 0.213 e. The highest BCUT2D eigenvalue weighted by atomic mass is 32.2. The number of ether oxygens (including phenoxy) is 1. The average Bonchev–Trinajstić information content (AvgIpc) is 2.33. The fraction of sp³-hybridized carbons (Fsp3) is 0.455. The highest BCUT2D eigenvalue weighted by Crippen LogP contribution is 2.25. The number of nitrogen functional groups attached to an aromatic ring is 1. The first kappa shape index (κ1) is 14.6. The lowest BCUT2D eigenvalue weighted by Crippen LogP contribution is -2.26. The molecule has 0 atom stereocenters. The van der Waals surface area contributed by atoms with Crippen molar-refractivity contribution >= 4 is 21.4 Å². The summed E-state index contributed by atoms with van der Waals surface area (Å²) in [6, 6.07) is 5.26. The maximum atomic E-state index is 11.2. The smallest absolute Gasteiger partial charge is 0.213 e. The van der Waals surface area contributed by atoms with Gasteiger partial charge in [0.2, 0.25) is 10.0 Å². The summed E-state index contributed by atoms with van der Waals surface area (Å²) in [5.41, 5.74) is 7.07. The van der Waals surface area contributed by atoms with Crippen LogP contribution in [0.4, 0.5) is 11.4 Å². The van der Waals surface area contributed by atoms with Gasteiger partial charge in [-0.25, -0.2) is 13.1 Å². The van der Waals surface area contributed by atoms with Gasteiger partial charge < -0.3 is 15.8 Å². The molecular formula is C11H19N3O3S. The number of sulfonamides is 1. The van der Waals surface area contributed by atoms with Crippen LogP contribution >= 0.6 is 0 Å². The van der Waals surface area contributed by atoms with Crippen molar-refractivity contribution in [3.8, 4) is 5.75 Å². The van der Waals surface area contributed by atoms with Gasteiger partial charge in [0.05, 0.1) is 18.0 Å². The summed E-state index contributed by atoms with van der Waals surface area (Å²) in [6.07, 6.45) is 0. The van der Waals surface area contributed by atoms with E-state index in [0.29, 0.717) is 24.6 Å². The number of rotatable bonds is 7. The Bertz CT molecular complexity index is 488. The number of nitrogens with one attached hydrogen (secondary N) is 2. The molecule has 0 amide bonds. The second-order valence-electron chi connectivity index (χ2n) is 3.64. The zero-order valence-electron chi connectivity index (χ0n) is 10.6. The molecule has 0 saturated heterocycles. The Balaban J connectivity index is 2.60. The van der Waals surface area contributed by atoms with Crippen LogP contribution in [-0.2, 0) is 10.0 Å². The largest absolute Gasteiger partial charge is 0.492 e. The molecule has 0 aliphatic heterocycles. The Morgan fingerprint density at radius 1 is 1.39 bits per heavy atom. The molecule has 1 rings (SSSR count). The highest BCUT2D eigenvalue weighted by Gasteiger charge is 2.06. The van der Waals surface area contributed by atoms with Crippen molar-refractivity contribution < 1.29 is 13.2 Å².